The van der Waals surface area contributed by atoms with Crippen LogP contribution in [-0.4, -0.2) is 47.8 Å². The molecule has 0 radical (unpaired) electrons. The molecule has 1 atom stereocenters. The Balaban J connectivity index is 1.97. The molecule has 0 bridgehead atoms. The number of amides is 2. The van der Waals surface area contributed by atoms with Crippen molar-refractivity contribution >= 4 is 11.8 Å². The van der Waals surface area contributed by atoms with E-state index in [1.165, 1.54) is 6.07 Å². The molecule has 1 aliphatic heterocycles. The smallest absolute Gasteiger partial charge is 0.254 e. The second kappa shape index (κ2) is 6.85. The number of nitrogens with zero attached hydrogens (tertiary/aromatic N) is 2. The Morgan fingerprint density at radius 3 is 2.23 bits per heavy atom. The standard InChI is InChI=1S/C16H20F2N2O2/c1-3-11(2)15(21)19-6-8-20(9-7-19)16(22)12-4-5-13(17)14(18)10-12/h4-5,10-11H,3,6-9H2,1-2H3. The van der Waals surface area contributed by atoms with Crippen LogP contribution in [0.25, 0.3) is 0 Å². The number of hydrogen-bond donors (Lipinski definition) is 0. The third kappa shape index (κ3) is 3.43. The molecule has 1 saturated heterocycles. The van der Waals surface area contributed by atoms with Gasteiger partial charge in [-0.05, 0) is 24.6 Å². The SMILES string of the molecule is CCC(C)C(=O)N1CCN(C(=O)c2ccc(F)c(F)c2)CC1. The number of carbonyl (C=O) groups is 2. The Labute approximate surface area is 128 Å². The van der Waals surface area contributed by atoms with E-state index >= 15 is 0 Å². The van der Waals surface area contributed by atoms with Crippen molar-refractivity contribution < 1.29 is 18.4 Å². The minimum Gasteiger partial charge on any atom is -0.339 e. The fraction of sp³-hybridized carbons (Fsp3) is 0.500. The van der Waals surface area contributed by atoms with Crippen molar-refractivity contribution in [2.45, 2.75) is 20.3 Å². The molecule has 1 unspecified atom stereocenters. The number of halogens is 2. The first-order valence-electron chi connectivity index (χ1n) is 7.47. The van der Waals surface area contributed by atoms with E-state index in [0.717, 1.165) is 18.6 Å². The predicted molar refractivity (Wildman–Crippen MR) is 78.3 cm³/mol. The monoisotopic (exact) mass is 310 g/mol. The van der Waals surface area contributed by atoms with Gasteiger partial charge in [-0.1, -0.05) is 13.8 Å². The van der Waals surface area contributed by atoms with Crippen molar-refractivity contribution in [3.8, 4) is 0 Å². The van der Waals surface area contributed by atoms with Gasteiger partial charge in [-0.3, -0.25) is 9.59 Å². The lowest BCUT2D eigenvalue weighted by Gasteiger charge is -2.36. The molecule has 2 amide bonds. The van der Waals surface area contributed by atoms with Gasteiger partial charge in [0.05, 0.1) is 0 Å². The Bertz CT molecular complexity index is 569. The van der Waals surface area contributed by atoms with Gasteiger partial charge in [-0.25, -0.2) is 8.78 Å². The number of benzene rings is 1. The molecule has 1 heterocycles. The second-order valence-electron chi connectivity index (χ2n) is 5.56. The molecule has 0 aromatic heterocycles. The van der Waals surface area contributed by atoms with E-state index in [1.807, 2.05) is 13.8 Å². The summed E-state index contributed by atoms with van der Waals surface area (Å²) in [5.74, 6) is -2.26. The van der Waals surface area contributed by atoms with Gasteiger partial charge < -0.3 is 9.80 Å². The second-order valence-corrected chi connectivity index (χ2v) is 5.56. The van der Waals surface area contributed by atoms with Crippen molar-refractivity contribution in [2.24, 2.45) is 5.92 Å². The van der Waals surface area contributed by atoms with Crippen LogP contribution < -0.4 is 0 Å². The largest absolute Gasteiger partial charge is 0.339 e. The molecule has 2 rings (SSSR count). The summed E-state index contributed by atoms with van der Waals surface area (Å²) < 4.78 is 26.1. The van der Waals surface area contributed by atoms with E-state index in [0.29, 0.717) is 26.2 Å². The molecular formula is C16H20F2N2O2. The van der Waals surface area contributed by atoms with Gasteiger partial charge in [-0.15, -0.1) is 0 Å². The fourth-order valence-corrected chi connectivity index (χ4v) is 2.43. The van der Waals surface area contributed by atoms with Gasteiger partial charge in [0.1, 0.15) is 0 Å². The zero-order valence-electron chi connectivity index (χ0n) is 12.8. The van der Waals surface area contributed by atoms with Crippen molar-refractivity contribution in [2.75, 3.05) is 26.2 Å². The topological polar surface area (TPSA) is 40.6 Å². The molecule has 22 heavy (non-hydrogen) atoms. The Morgan fingerprint density at radius 2 is 1.68 bits per heavy atom. The Morgan fingerprint density at radius 1 is 1.09 bits per heavy atom. The summed E-state index contributed by atoms with van der Waals surface area (Å²) in [4.78, 5) is 27.7. The van der Waals surface area contributed by atoms with Crippen LogP contribution in [0.2, 0.25) is 0 Å². The maximum absolute atomic E-state index is 13.2. The molecule has 4 nitrogen and oxygen atoms in total. The highest BCUT2D eigenvalue weighted by Crippen LogP contribution is 2.14. The van der Waals surface area contributed by atoms with Crippen LogP contribution >= 0.6 is 0 Å². The maximum atomic E-state index is 13.2. The third-order valence-corrected chi connectivity index (χ3v) is 4.08. The van der Waals surface area contributed by atoms with Crippen LogP contribution in [0.4, 0.5) is 8.78 Å². The fourth-order valence-electron chi connectivity index (χ4n) is 2.43. The van der Waals surface area contributed by atoms with Crippen LogP contribution in [0.1, 0.15) is 30.6 Å². The molecule has 0 N–H and O–H groups in total. The first kappa shape index (κ1) is 16.4. The van der Waals surface area contributed by atoms with E-state index in [1.54, 1.807) is 9.80 Å². The average Bonchev–Trinajstić information content (AvgIpc) is 2.55. The lowest BCUT2D eigenvalue weighted by Crippen LogP contribution is -2.51. The predicted octanol–water partition coefficient (Wildman–Crippen LogP) is 2.30. The van der Waals surface area contributed by atoms with E-state index < -0.39 is 11.6 Å². The number of piperazine rings is 1. The summed E-state index contributed by atoms with van der Waals surface area (Å²) in [6, 6.07) is 3.14. The van der Waals surface area contributed by atoms with Crippen LogP contribution in [0.15, 0.2) is 18.2 Å². The molecule has 0 aliphatic carbocycles. The maximum Gasteiger partial charge on any atom is 0.254 e. The highest BCUT2D eigenvalue weighted by Gasteiger charge is 2.27. The lowest BCUT2D eigenvalue weighted by molar-refractivity contribution is -0.136. The van der Waals surface area contributed by atoms with E-state index in [9.17, 15) is 18.4 Å². The number of hydrogen-bond acceptors (Lipinski definition) is 2. The van der Waals surface area contributed by atoms with Gasteiger partial charge in [0.25, 0.3) is 5.91 Å². The highest BCUT2D eigenvalue weighted by molar-refractivity contribution is 5.94. The molecule has 120 valence electrons. The zero-order chi connectivity index (χ0) is 16.3. The normalized spacial score (nSPS) is 16.5. The van der Waals surface area contributed by atoms with Gasteiger partial charge in [0, 0.05) is 37.7 Å². The number of rotatable bonds is 3. The first-order chi connectivity index (χ1) is 10.4. The molecule has 1 aromatic carbocycles. The third-order valence-electron chi connectivity index (χ3n) is 4.08. The van der Waals surface area contributed by atoms with E-state index in [4.69, 9.17) is 0 Å². The molecular weight excluding hydrogens is 290 g/mol. The summed E-state index contributed by atoms with van der Waals surface area (Å²) in [7, 11) is 0. The summed E-state index contributed by atoms with van der Waals surface area (Å²) in [6.45, 7) is 5.60. The summed E-state index contributed by atoms with van der Waals surface area (Å²) in [5, 5.41) is 0. The summed E-state index contributed by atoms with van der Waals surface area (Å²) in [5.41, 5.74) is 0.126. The van der Waals surface area contributed by atoms with Crippen LogP contribution in [0, 0.1) is 17.6 Å². The van der Waals surface area contributed by atoms with Gasteiger partial charge in [0.15, 0.2) is 11.6 Å². The molecule has 1 aromatic rings. The highest BCUT2D eigenvalue weighted by atomic mass is 19.2. The van der Waals surface area contributed by atoms with E-state index in [-0.39, 0.29) is 23.3 Å². The van der Waals surface area contributed by atoms with Crippen molar-refractivity contribution in [1.82, 2.24) is 9.80 Å². The van der Waals surface area contributed by atoms with Crippen molar-refractivity contribution in [1.29, 1.82) is 0 Å². The minimum atomic E-state index is -1.03. The Hall–Kier alpha value is -1.98. The van der Waals surface area contributed by atoms with Crippen LogP contribution in [0.3, 0.4) is 0 Å². The lowest BCUT2D eigenvalue weighted by atomic mass is 10.1. The van der Waals surface area contributed by atoms with Gasteiger partial charge in [0.2, 0.25) is 5.91 Å². The first-order valence-corrected chi connectivity index (χ1v) is 7.47. The average molecular weight is 310 g/mol. The molecule has 1 aliphatic rings. The molecule has 0 saturated carbocycles. The number of carbonyl (C=O) groups excluding carboxylic acids is 2. The van der Waals surface area contributed by atoms with Gasteiger partial charge >= 0.3 is 0 Å². The molecule has 0 spiro atoms. The molecule has 1 fully saturated rings. The summed E-state index contributed by atoms with van der Waals surface area (Å²) >= 11 is 0. The quantitative estimate of drug-likeness (QED) is 0.859. The Kier molecular flexibility index (Phi) is 5.11. The van der Waals surface area contributed by atoms with E-state index in [2.05, 4.69) is 0 Å². The van der Waals surface area contributed by atoms with Crippen LogP contribution in [0.5, 0.6) is 0 Å². The zero-order valence-corrected chi connectivity index (χ0v) is 12.8. The minimum absolute atomic E-state index is 0.0200. The van der Waals surface area contributed by atoms with Gasteiger partial charge in [-0.2, -0.15) is 0 Å². The summed E-state index contributed by atoms with van der Waals surface area (Å²) in [6.07, 6.45) is 0.785. The van der Waals surface area contributed by atoms with Crippen LogP contribution in [-0.2, 0) is 4.79 Å². The van der Waals surface area contributed by atoms with Crippen molar-refractivity contribution in [3.63, 3.8) is 0 Å². The molecule has 6 heteroatoms. The van der Waals surface area contributed by atoms with Crippen molar-refractivity contribution in [3.05, 3.63) is 35.4 Å².